The molecule has 2 atom stereocenters. The van der Waals surface area contributed by atoms with Crippen molar-refractivity contribution < 1.29 is 5.11 Å². The normalized spacial score (nSPS) is 14.6. The third-order valence-corrected chi connectivity index (χ3v) is 3.36. The minimum absolute atomic E-state index is 0.158. The van der Waals surface area contributed by atoms with Gasteiger partial charge < -0.3 is 16.2 Å². The van der Waals surface area contributed by atoms with Crippen molar-refractivity contribution in [2.45, 2.75) is 18.2 Å². The molecule has 4 nitrogen and oxygen atoms in total. The SMILES string of the molecule is CSC(CO)C(C)Nc1cncc(N)c1. The van der Waals surface area contributed by atoms with E-state index in [-0.39, 0.29) is 17.9 Å². The molecule has 4 N–H and O–H groups in total. The van der Waals surface area contributed by atoms with Gasteiger partial charge >= 0.3 is 0 Å². The van der Waals surface area contributed by atoms with Gasteiger partial charge in [0, 0.05) is 17.5 Å². The highest BCUT2D eigenvalue weighted by atomic mass is 32.2. The lowest BCUT2D eigenvalue weighted by Crippen LogP contribution is -2.30. The molecule has 0 aliphatic heterocycles. The molecule has 15 heavy (non-hydrogen) atoms. The first-order valence-electron chi connectivity index (χ1n) is 4.78. The minimum Gasteiger partial charge on any atom is -0.397 e. The molecule has 0 aliphatic carbocycles. The Bertz CT molecular complexity index is 304. The molecule has 0 fully saturated rings. The van der Waals surface area contributed by atoms with Crippen molar-refractivity contribution in [3.8, 4) is 0 Å². The molecule has 84 valence electrons. The number of aliphatic hydroxyl groups is 1. The number of aliphatic hydroxyl groups excluding tert-OH is 1. The number of nitrogen functional groups attached to an aromatic ring is 1. The fourth-order valence-electron chi connectivity index (χ4n) is 1.33. The fourth-order valence-corrected chi connectivity index (χ4v) is 1.95. The zero-order valence-electron chi connectivity index (χ0n) is 8.97. The van der Waals surface area contributed by atoms with Crippen LogP contribution in [0.3, 0.4) is 0 Å². The molecule has 1 aromatic rings. The van der Waals surface area contributed by atoms with Gasteiger partial charge in [-0.25, -0.2) is 0 Å². The van der Waals surface area contributed by atoms with E-state index in [0.29, 0.717) is 5.69 Å². The third-order valence-electron chi connectivity index (χ3n) is 2.19. The Morgan fingerprint density at radius 2 is 2.33 bits per heavy atom. The second kappa shape index (κ2) is 5.82. The Kier molecular flexibility index (Phi) is 4.71. The van der Waals surface area contributed by atoms with Crippen molar-refractivity contribution in [1.29, 1.82) is 0 Å². The van der Waals surface area contributed by atoms with Gasteiger partial charge in [-0.2, -0.15) is 11.8 Å². The van der Waals surface area contributed by atoms with Gasteiger partial charge in [0.25, 0.3) is 0 Å². The Morgan fingerprint density at radius 1 is 1.60 bits per heavy atom. The van der Waals surface area contributed by atoms with E-state index in [2.05, 4.69) is 10.3 Å². The molecule has 1 rings (SSSR count). The summed E-state index contributed by atoms with van der Waals surface area (Å²) in [7, 11) is 0. The van der Waals surface area contributed by atoms with E-state index in [1.807, 2.05) is 19.2 Å². The largest absolute Gasteiger partial charge is 0.397 e. The molecule has 0 aliphatic rings. The van der Waals surface area contributed by atoms with Gasteiger partial charge in [-0.05, 0) is 19.2 Å². The van der Waals surface area contributed by atoms with Crippen LogP contribution in [0.4, 0.5) is 11.4 Å². The third kappa shape index (κ3) is 3.60. The Morgan fingerprint density at radius 3 is 2.87 bits per heavy atom. The van der Waals surface area contributed by atoms with Gasteiger partial charge in [0.15, 0.2) is 0 Å². The monoisotopic (exact) mass is 227 g/mol. The summed E-state index contributed by atoms with van der Waals surface area (Å²) in [4.78, 5) is 3.99. The maximum Gasteiger partial charge on any atom is 0.0569 e. The molecule has 0 saturated heterocycles. The molecule has 0 radical (unpaired) electrons. The van der Waals surface area contributed by atoms with Gasteiger partial charge in [-0.15, -0.1) is 0 Å². The molecule has 0 bridgehead atoms. The van der Waals surface area contributed by atoms with Crippen LogP contribution in [0.2, 0.25) is 0 Å². The summed E-state index contributed by atoms with van der Waals surface area (Å²) in [6.07, 6.45) is 5.31. The van der Waals surface area contributed by atoms with Crippen LogP contribution in [0.5, 0.6) is 0 Å². The highest BCUT2D eigenvalue weighted by Gasteiger charge is 2.14. The van der Waals surface area contributed by atoms with Gasteiger partial charge in [-0.3, -0.25) is 4.98 Å². The van der Waals surface area contributed by atoms with E-state index in [1.165, 1.54) is 0 Å². The standard InChI is InChI=1S/C10H17N3OS/c1-7(10(6-14)15-2)13-9-3-8(11)4-12-5-9/h3-5,7,10,13-14H,6,11H2,1-2H3. The maximum atomic E-state index is 9.13. The Labute approximate surface area is 94.3 Å². The molecule has 0 amide bonds. The lowest BCUT2D eigenvalue weighted by molar-refractivity contribution is 0.288. The number of hydrogen-bond acceptors (Lipinski definition) is 5. The molecule has 0 spiro atoms. The topological polar surface area (TPSA) is 71.2 Å². The quantitative estimate of drug-likeness (QED) is 0.705. The lowest BCUT2D eigenvalue weighted by atomic mass is 10.2. The van der Waals surface area contributed by atoms with Crippen molar-refractivity contribution >= 4 is 23.1 Å². The first-order chi connectivity index (χ1) is 7.17. The number of nitrogens with one attached hydrogen (secondary N) is 1. The summed E-state index contributed by atoms with van der Waals surface area (Å²) in [5, 5.41) is 12.6. The van der Waals surface area contributed by atoms with Crippen molar-refractivity contribution in [3.63, 3.8) is 0 Å². The average Bonchev–Trinajstić information content (AvgIpc) is 2.19. The first-order valence-corrected chi connectivity index (χ1v) is 6.07. The summed E-state index contributed by atoms with van der Waals surface area (Å²) in [6.45, 7) is 2.19. The highest BCUT2D eigenvalue weighted by Crippen LogP contribution is 2.16. The van der Waals surface area contributed by atoms with E-state index in [1.54, 1.807) is 24.2 Å². The molecular weight excluding hydrogens is 210 g/mol. The summed E-state index contributed by atoms with van der Waals surface area (Å²) < 4.78 is 0. The van der Waals surface area contributed by atoms with E-state index in [9.17, 15) is 0 Å². The van der Waals surface area contributed by atoms with Gasteiger partial charge in [0.1, 0.15) is 0 Å². The predicted octanol–water partition coefficient (Wildman–Crippen LogP) is 1.19. The molecule has 1 aromatic heterocycles. The number of nitrogens with zero attached hydrogens (tertiary/aromatic N) is 1. The molecular formula is C10H17N3OS. The number of thioether (sulfide) groups is 1. The van der Waals surface area contributed by atoms with E-state index in [0.717, 1.165) is 5.69 Å². The van der Waals surface area contributed by atoms with E-state index in [4.69, 9.17) is 10.8 Å². The number of aromatic nitrogens is 1. The fraction of sp³-hybridized carbons (Fsp3) is 0.500. The first kappa shape index (κ1) is 12.1. The van der Waals surface area contributed by atoms with Crippen molar-refractivity contribution in [1.82, 2.24) is 4.98 Å². The van der Waals surface area contributed by atoms with E-state index >= 15 is 0 Å². The average molecular weight is 227 g/mol. The zero-order valence-corrected chi connectivity index (χ0v) is 9.79. The number of hydrogen-bond donors (Lipinski definition) is 3. The smallest absolute Gasteiger partial charge is 0.0569 e. The van der Waals surface area contributed by atoms with Crippen molar-refractivity contribution in [2.75, 3.05) is 23.9 Å². The maximum absolute atomic E-state index is 9.13. The van der Waals surface area contributed by atoms with Crippen LogP contribution in [-0.2, 0) is 0 Å². The van der Waals surface area contributed by atoms with Gasteiger partial charge in [0.2, 0.25) is 0 Å². The molecule has 2 unspecified atom stereocenters. The van der Waals surface area contributed by atoms with Gasteiger partial charge in [0.05, 0.1) is 24.2 Å². The summed E-state index contributed by atoms with van der Waals surface area (Å²) in [5.41, 5.74) is 7.14. The van der Waals surface area contributed by atoms with Crippen LogP contribution in [0, 0.1) is 0 Å². The van der Waals surface area contributed by atoms with Crippen LogP contribution in [0.15, 0.2) is 18.5 Å². The second-order valence-electron chi connectivity index (χ2n) is 3.40. The minimum atomic E-state index is 0.158. The van der Waals surface area contributed by atoms with Crippen LogP contribution in [0.25, 0.3) is 0 Å². The lowest BCUT2D eigenvalue weighted by Gasteiger charge is -2.22. The molecule has 0 saturated carbocycles. The predicted molar refractivity (Wildman–Crippen MR) is 66.1 cm³/mol. The van der Waals surface area contributed by atoms with Crippen LogP contribution in [0.1, 0.15) is 6.92 Å². The summed E-state index contributed by atoms with van der Waals surface area (Å²) >= 11 is 1.64. The molecule has 5 heteroatoms. The van der Waals surface area contributed by atoms with Crippen LogP contribution in [-0.4, -0.2) is 34.2 Å². The van der Waals surface area contributed by atoms with Crippen LogP contribution >= 0.6 is 11.8 Å². The summed E-state index contributed by atoms with van der Waals surface area (Å²) in [5.74, 6) is 0. The van der Waals surface area contributed by atoms with Crippen molar-refractivity contribution in [2.24, 2.45) is 0 Å². The van der Waals surface area contributed by atoms with Gasteiger partial charge in [-0.1, -0.05) is 0 Å². The van der Waals surface area contributed by atoms with Crippen LogP contribution < -0.4 is 11.1 Å². The Hall–Kier alpha value is -0.940. The number of rotatable bonds is 5. The molecule has 1 heterocycles. The number of nitrogens with two attached hydrogens (primary N) is 1. The zero-order chi connectivity index (χ0) is 11.3. The summed E-state index contributed by atoms with van der Waals surface area (Å²) in [6, 6.07) is 2.01. The second-order valence-corrected chi connectivity index (χ2v) is 4.47. The van der Waals surface area contributed by atoms with Crippen molar-refractivity contribution in [3.05, 3.63) is 18.5 Å². The number of anilines is 2. The van der Waals surface area contributed by atoms with E-state index < -0.39 is 0 Å². The number of pyridine rings is 1. The highest BCUT2D eigenvalue weighted by molar-refractivity contribution is 7.99. The Balaban J connectivity index is 2.61. The molecule has 0 aromatic carbocycles.